The molecule has 2 unspecified atom stereocenters. The van der Waals surface area contributed by atoms with E-state index < -0.39 is 53.4 Å². The van der Waals surface area contributed by atoms with E-state index in [-0.39, 0.29) is 39.8 Å². The van der Waals surface area contributed by atoms with Crippen LogP contribution in [0.4, 0.5) is 14.6 Å². The highest BCUT2D eigenvalue weighted by molar-refractivity contribution is 6.31. The summed E-state index contributed by atoms with van der Waals surface area (Å²) in [5, 5.41) is 10.7. The molecule has 0 radical (unpaired) electrons. The average Bonchev–Trinajstić information content (AvgIpc) is 3.57. The highest BCUT2D eigenvalue weighted by Gasteiger charge is 2.38. The number of rotatable bonds is 7. The van der Waals surface area contributed by atoms with Gasteiger partial charge in [-0.3, -0.25) is 14.2 Å². The molecule has 0 bridgehead atoms. The predicted octanol–water partition coefficient (Wildman–Crippen LogP) is 2.46. The summed E-state index contributed by atoms with van der Waals surface area (Å²) in [6.07, 6.45) is 0.505. The zero-order valence-electron chi connectivity index (χ0n) is 20.0. The molecule has 0 spiro atoms. The van der Waals surface area contributed by atoms with Crippen LogP contribution in [0.15, 0.2) is 47.5 Å². The second-order valence-corrected chi connectivity index (χ2v) is 8.88. The zero-order valence-corrected chi connectivity index (χ0v) is 20.8. The lowest BCUT2D eigenvalue weighted by Gasteiger charge is -2.16. The molecule has 1 aliphatic rings. The van der Waals surface area contributed by atoms with Gasteiger partial charge in [0.2, 0.25) is 11.7 Å². The van der Waals surface area contributed by atoms with Crippen LogP contribution in [-0.2, 0) is 14.3 Å². The number of nitrogens with zero attached hydrogens (tertiary/aromatic N) is 6. The number of carbonyl (C=O) groups is 2. The largest absolute Gasteiger partial charge is 0.456 e. The van der Waals surface area contributed by atoms with Gasteiger partial charge in [-0.1, -0.05) is 11.6 Å². The monoisotopic (exact) mass is 557 g/mol. The van der Waals surface area contributed by atoms with Crippen LogP contribution in [0.25, 0.3) is 16.8 Å². The number of pyridine rings is 2. The lowest BCUT2D eigenvalue weighted by Crippen LogP contribution is -2.30. The first-order chi connectivity index (χ1) is 18.7. The average molecular weight is 558 g/mol. The molecule has 200 valence electrons. The van der Waals surface area contributed by atoms with Crippen molar-refractivity contribution in [3.63, 3.8) is 0 Å². The molecule has 0 amide bonds. The first-order valence-corrected chi connectivity index (χ1v) is 11.7. The summed E-state index contributed by atoms with van der Waals surface area (Å²) < 4.78 is 42.2. The van der Waals surface area contributed by atoms with Crippen molar-refractivity contribution >= 4 is 29.2 Å². The molecule has 15 heteroatoms. The van der Waals surface area contributed by atoms with E-state index in [9.17, 15) is 18.8 Å². The number of Topliss-reactive ketones (excluding diaryl/α,β-unsaturated/α-hetero) is 1. The van der Waals surface area contributed by atoms with E-state index >= 15 is 4.39 Å². The summed E-state index contributed by atoms with van der Waals surface area (Å²) in [6.45, 7) is -0.791. The van der Waals surface area contributed by atoms with Crippen molar-refractivity contribution in [3.05, 3.63) is 81.1 Å². The van der Waals surface area contributed by atoms with Gasteiger partial charge in [0.1, 0.15) is 18.2 Å². The van der Waals surface area contributed by atoms with Gasteiger partial charge in [-0.25, -0.2) is 14.2 Å². The number of ether oxygens (including phenoxy) is 2. The number of halogens is 3. The Kier molecular flexibility index (Phi) is 6.89. The highest BCUT2D eigenvalue weighted by atomic mass is 35.5. The summed E-state index contributed by atoms with van der Waals surface area (Å²) in [5.74, 6) is -3.77. The van der Waals surface area contributed by atoms with Crippen LogP contribution >= 0.6 is 11.6 Å². The van der Waals surface area contributed by atoms with Crippen molar-refractivity contribution in [3.8, 4) is 16.8 Å². The zero-order chi connectivity index (χ0) is 27.8. The number of aromatic nitrogens is 6. The van der Waals surface area contributed by atoms with Gasteiger partial charge in [-0.05, 0) is 46.3 Å². The van der Waals surface area contributed by atoms with E-state index in [1.165, 1.54) is 42.4 Å². The van der Waals surface area contributed by atoms with Gasteiger partial charge in [0.05, 0.1) is 28.1 Å². The Morgan fingerprint density at radius 2 is 2.00 bits per heavy atom. The fraction of sp³-hybridized carbons (Fsp3) is 0.208. The third-order valence-corrected chi connectivity index (χ3v) is 6.50. The van der Waals surface area contributed by atoms with E-state index in [1.807, 2.05) is 0 Å². The summed E-state index contributed by atoms with van der Waals surface area (Å²) in [6, 6.07) is 6.65. The molecule has 39 heavy (non-hydrogen) atoms. The summed E-state index contributed by atoms with van der Waals surface area (Å²) in [7, 11) is 1.38. The number of tetrazole rings is 1. The molecule has 4 aromatic rings. The van der Waals surface area contributed by atoms with Crippen LogP contribution in [-0.4, -0.2) is 55.2 Å². The minimum Gasteiger partial charge on any atom is -0.456 e. The number of esters is 1. The number of carbonyl (C=O) groups excluding carboxylic acids is 2. The maximum Gasteiger partial charge on any atom is 0.329 e. The maximum atomic E-state index is 15.3. The second kappa shape index (κ2) is 10.3. The van der Waals surface area contributed by atoms with Crippen molar-refractivity contribution in [2.75, 3.05) is 19.5 Å². The van der Waals surface area contributed by atoms with E-state index in [1.54, 1.807) is 0 Å². The smallest absolute Gasteiger partial charge is 0.329 e. The van der Waals surface area contributed by atoms with Gasteiger partial charge in [-0.15, -0.1) is 5.10 Å². The number of ketones is 1. The van der Waals surface area contributed by atoms with Crippen molar-refractivity contribution in [1.29, 1.82) is 0 Å². The maximum absolute atomic E-state index is 15.3. The van der Waals surface area contributed by atoms with Crippen LogP contribution in [0.5, 0.6) is 0 Å². The Bertz CT molecular complexity index is 1660. The number of nitrogen functional groups attached to an aromatic ring is 1. The number of anilines is 1. The van der Waals surface area contributed by atoms with Crippen molar-refractivity contribution < 1.29 is 27.8 Å². The van der Waals surface area contributed by atoms with Gasteiger partial charge in [-0.2, -0.15) is 9.07 Å². The van der Waals surface area contributed by atoms with E-state index in [0.29, 0.717) is 0 Å². The number of hydrogen-bond acceptors (Lipinski definition) is 10. The van der Waals surface area contributed by atoms with Gasteiger partial charge in [0, 0.05) is 25.2 Å². The topological polar surface area (TPSA) is 157 Å². The normalized spacial score (nSPS) is 16.2. The quantitative estimate of drug-likeness (QED) is 0.203. The number of nitrogens with two attached hydrogens (primary N) is 1. The van der Waals surface area contributed by atoms with Crippen LogP contribution in [0.1, 0.15) is 34.6 Å². The Labute approximate surface area is 222 Å². The first kappa shape index (κ1) is 26.1. The third kappa shape index (κ3) is 4.75. The van der Waals surface area contributed by atoms with Crippen molar-refractivity contribution in [2.45, 2.75) is 18.6 Å². The molecule has 2 atom stereocenters. The fourth-order valence-corrected chi connectivity index (χ4v) is 4.58. The van der Waals surface area contributed by atoms with E-state index in [2.05, 4.69) is 20.5 Å². The number of hydrogen-bond donors (Lipinski definition) is 1. The van der Waals surface area contributed by atoms with E-state index in [4.69, 9.17) is 26.8 Å². The minimum atomic E-state index is -1.16. The number of benzene rings is 1. The summed E-state index contributed by atoms with van der Waals surface area (Å²) in [5.41, 5.74) is 4.92. The van der Waals surface area contributed by atoms with Gasteiger partial charge in [0.15, 0.2) is 12.4 Å². The van der Waals surface area contributed by atoms with E-state index in [0.717, 1.165) is 16.7 Å². The lowest BCUT2D eigenvalue weighted by atomic mass is 10.0. The minimum absolute atomic E-state index is 0.00210. The Morgan fingerprint density at radius 1 is 1.21 bits per heavy atom. The first-order valence-electron chi connectivity index (χ1n) is 11.3. The van der Waals surface area contributed by atoms with Gasteiger partial charge in [0.25, 0.3) is 5.56 Å². The fourth-order valence-electron chi connectivity index (χ4n) is 4.42. The molecular formula is C24H18ClF2N7O5. The van der Waals surface area contributed by atoms with Crippen LogP contribution < -0.4 is 11.3 Å². The van der Waals surface area contributed by atoms with Gasteiger partial charge >= 0.3 is 5.97 Å². The van der Waals surface area contributed by atoms with Crippen molar-refractivity contribution in [1.82, 2.24) is 29.8 Å². The second-order valence-electron chi connectivity index (χ2n) is 8.47. The van der Waals surface area contributed by atoms with Crippen LogP contribution in [0.3, 0.4) is 0 Å². The molecule has 12 nitrogen and oxygen atoms in total. The lowest BCUT2D eigenvalue weighted by molar-refractivity contribution is -0.146. The molecule has 1 aliphatic heterocycles. The molecule has 1 aromatic carbocycles. The molecule has 2 N–H and O–H groups in total. The molecule has 0 saturated carbocycles. The Morgan fingerprint density at radius 3 is 2.69 bits per heavy atom. The molecule has 0 fully saturated rings. The number of fused-ring (bicyclic) bond motifs is 1. The summed E-state index contributed by atoms with van der Waals surface area (Å²) >= 11 is 6.03. The molecule has 5 rings (SSSR count). The molecule has 0 aliphatic carbocycles. The highest BCUT2D eigenvalue weighted by Crippen LogP contribution is 2.39. The molecular weight excluding hydrogens is 540 g/mol. The Hall–Kier alpha value is -4.56. The standard InChI is InChI=1S/C24H18ClF2N7O5/c1-38-18-8-16(24(37)39-9-17(35)12-2-5-19(28)30-23(12)27)34-15(18)6-11(7-20(34)36)21-14(33-10-29-31-32-33)4-3-13(25)22(21)26/h2-7,10,16,18H,8-9H2,1H3,(H2,28,30). The van der Waals surface area contributed by atoms with Crippen molar-refractivity contribution in [2.24, 2.45) is 0 Å². The molecule has 3 aromatic heterocycles. The third-order valence-electron chi connectivity index (χ3n) is 6.21. The molecule has 0 saturated heterocycles. The number of methoxy groups -OCH3 is 1. The van der Waals surface area contributed by atoms with Gasteiger partial charge < -0.3 is 15.2 Å². The molecule has 4 heterocycles. The van der Waals surface area contributed by atoms with Crippen LogP contribution in [0, 0.1) is 11.8 Å². The Balaban J connectivity index is 1.47. The van der Waals surface area contributed by atoms with Crippen LogP contribution in [0.2, 0.25) is 5.02 Å². The SMILES string of the molecule is COC1CC(C(=O)OCC(=O)c2ccc(N)nc2F)n2c1cc(-c1c(-n3cnnn3)ccc(Cl)c1F)cc2=O. The predicted molar refractivity (Wildman–Crippen MR) is 131 cm³/mol. The summed E-state index contributed by atoms with van der Waals surface area (Å²) in [4.78, 5) is 41.9.